The Morgan fingerprint density at radius 2 is 2.17 bits per heavy atom. The van der Waals surface area contributed by atoms with Gasteiger partial charge in [0.05, 0.1) is 0 Å². The normalized spacial score (nSPS) is 13.1. The number of nitrogens with zero attached hydrogens (tertiary/aromatic N) is 1. The minimum atomic E-state index is 0. The Labute approximate surface area is 76.6 Å². The molecule has 1 amide bonds. The molecule has 1 unspecified atom stereocenters. The Balaban J connectivity index is 0. The monoisotopic (exact) mass is 174 g/mol. The fourth-order valence-electron chi connectivity index (χ4n) is 1.07. The first kappa shape index (κ1) is 11.4. The number of hydrogen-bond donors (Lipinski definition) is 1. The summed E-state index contributed by atoms with van der Waals surface area (Å²) in [6, 6.07) is 0.299. The molecule has 1 N–H and O–H groups in total. The van der Waals surface area contributed by atoms with E-state index in [1.54, 1.807) is 6.92 Å². The van der Waals surface area contributed by atoms with Crippen LogP contribution in [0.1, 0.15) is 28.6 Å². The summed E-state index contributed by atoms with van der Waals surface area (Å²) in [6.45, 7) is 7.72. The van der Waals surface area contributed by atoms with Crippen LogP contribution in [0, 0.1) is 0 Å². The molecule has 0 aromatic heterocycles. The van der Waals surface area contributed by atoms with E-state index in [-0.39, 0.29) is 7.33 Å². The lowest BCUT2D eigenvalue weighted by molar-refractivity contribution is -0.119. The maximum atomic E-state index is 10.8. The zero-order valence-corrected chi connectivity index (χ0v) is 8.55. The van der Waals surface area contributed by atoms with E-state index in [0.29, 0.717) is 6.04 Å². The summed E-state index contributed by atoms with van der Waals surface area (Å²) in [4.78, 5) is 13.0. The number of rotatable bonds is 5. The largest absolute Gasteiger partial charge is 0.352 e. The molecule has 1 atom stereocenters. The van der Waals surface area contributed by atoms with Crippen molar-refractivity contribution in [2.75, 3.05) is 20.1 Å². The zero-order valence-electron chi connectivity index (χ0n) is 8.55. The molecule has 0 saturated heterocycles. The van der Waals surface area contributed by atoms with Gasteiger partial charge in [0.2, 0.25) is 5.91 Å². The Morgan fingerprint density at radius 3 is 2.50 bits per heavy atom. The van der Waals surface area contributed by atoms with Crippen LogP contribution in [-0.4, -0.2) is 37.0 Å². The third kappa shape index (κ3) is 5.13. The van der Waals surface area contributed by atoms with Crippen molar-refractivity contribution < 1.29 is 6.22 Å². The standard InChI is InChI=1S/C9H20N2O.H2/c1-5-9(10-8(3)12)7-11(4)6-2;/h9H,5-7H2,1-4H3,(H,10,12);1H. The van der Waals surface area contributed by atoms with Crippen molar-refractivity contribution in [3.05, 3.63) is 0 Å². The Kier molecular flexibility index (Phi) is 5.72. The number of hydrogen-bond acceptors (Lipinski definition) is 2. The Hall–Kier alpha value is -0.570. The van der Waals surface area contributed by atoms with Crippen molar-refractivity contribution >= 4 is 5.91 Å². The Bertz CT molecular complexity index is 142. The summed E-state index contributed by atoms with van der Waals surface area (Å²) in [5.41, 5.74) is 0. The summed E-state index contributed by atoms with van der Waals surface area (Å²) in [5.74, 6) is 0.0614. The van der Waals surface area contributed by atoms with Gasteiger partial charge in [0.25, 0.3) is 0 Å². The topological polar surface area (TPSA) is 32.3 Å². The van der Waals surface area contributed by atoms with Gasteiger partial charge in [0.15, 0.2) is 0 Å². The van der Waals surface area contributed by atoms with Gasteiger partial charge >= 0.3 is 0 Å². The molecule has 3 heteroatoms. The first-order chi connectivity index (χ1) is 5.60. The molecule has 0 radical (unpaired) electrons. The van der Waals surface area contributed by atoms with Crippen molar-refractivity contribution in [2.24, 2.45) is 0 Å². The van der Waals surface area contributed by atoms with E-state index in [0.717, 1.165) is 19.5 Å². The van der Waals surface area contributed by atoms with Crippen molar-refractivity contribution in [1.82, 2.24) is 10.2 Å². The molecule has 0 aliphatic carbocycles. The lowest BCUT2D eigenvalue weighted by Gasteiger charge is -2.22. The van der Waals surface area contributed by atoms with Crippen LogP contribution in [0.15, 0.2) is 0 Å². The molecule has 0 aliphatic rings. The van der Waals surface area contributed by atoms with Gasteiger partial charge < -0.3 is 10.2 Å². The van der Waals surface area contributed by atoms with Gasteiger partial charge in [-0.1, -0.05) is 13.8 Å². The molecule has 0 fully saturated rings. The number of nitrogens with one attached hydrogen (secondary N) is 1. The van der Waals surface area contributed by atoms with E-state index in [1.807, 2.05) is 0 Å². The van der Waals surface area contributed by atoms with Crippen molar-refractivity contribution in [2.45, 2.75) is 33.2 Å². The summed E-state index contributed by atoms with van der Waals surface area (Å²) in [6.07, 6.45) is 0.990. The molecule has 0 heterocycles. The first-order valence-corrected chi connectivity index (χ1v) is 4.55. The van der Waals surface area contributed by atoms with Gasteiger partial charge in [-0.3, -0.25) is 4.79 Å². The quantitative estimate of drug-likeness (QED) is 0.677. The number of carbonyl (C=O) groups is 1. The molecule has 0 spiro atoms. The summed E-state index contributed by atoms with van der Waals surface area (Å²) in [7, 11) is 2.06. The van der Waals surface area contributed by atoms with E-state index in [4.69, 9.17) is 0 Å². The minimum absolute atomic E-state index is 0. The van der Waals surface area contributed by atoms with Crippen LogP contribution in [0.3, 0.4) is 0 Å². The fourth-order valence-corrected chi connectivity index (χ4v) is 1.07. The van der Waals surface area contributed by atoms with Gasteiger partial charge in [-0.2, -0.15) is 0 Å². The fraction of sp³-hybridized carbons (Fsp3) is 0.889. The van der Waals surface area contributed by atoms with Gasteiger partial charge in [0, 0.05) is 20.9 Å². The van der Waals surface area contributed by atoms with Crippen LogP contribution in [-0.2, 0) is 4.79 Å². The maximum Gasteiger partial charge on any atom is 0.217 e. The van der Waals surface area contributed by atoms with Crippen molar-refractivity contribution in [3.63, 3.8) is 0 Å². The Morgan fingerprint density at radius 1 is 1.58 bits per heavy atom. The highest BCUT2D eigenvalue weighted by atomic mass is 16.1. The zero-order chi connectivity index (χ0) is 9.56. The highest BCUT2D eigenvalue weighted by molar-refractivity contribution is 5.73. The molecule has 0 saturated carbocycles. The van der Waals surface area contributed by atoms with Crippen LogP contribution in [0.4, 0.5) is 0 Å². The number of carbonyl (C=O) groups excluding carboxylic acids is 1. The van der Waals surface area contributed by atoms with Crippen LogP contribution >= 0.6 is 0 Å². The predicted molar refractivity (Wildman–Crippen MR) is 53.2 cm³/mol. The third-order valence-corrected chi connectivity index (χ3v) is 1.97. The molecular weight excluding hydrogens is 152 g/mol. The second kappa shape index (κ2) is 6.00. The van der Waals surface area contributed by atoms with Gasteiger partial charge in [0.1, 0.15) is 0 Å². The smallest absolute Gasteiger partial charge is 0.217 e. The van der Waals surface area contributed by atoms with Crippen molar-refractivity contribution in [3.8, 4) is 0 Å². The molecule has 0 bridgehead atoms. The van der Waals surface area contributed by atoms with Crippen LogP contribution in [0.2, 0.25) is 0 Å². The van der Waals surface area contributed by atoms with E-state index in [9.17, 15) is 4.79 Å². The lowest BCUT2D eigenvalue weighted by Crippen LogP contribution is -2.41. The second-order valence-electron chi connectivity index (χ2n) is 3.16. The highest BCUT2D eigenvalue weighted by Gasteiger charge is 2.08. The summed E-state index contributed by atoms with van der Waals surface area (Å²) < 4.78 is 0. The average molecular weight is 174 g/mol. The first-order valence-electron chi connectivity index (χ1n) is 4.55. The molecule has 0 aromatic rings. The molecule has 0 aliphatic heterocycles. The molecule has 12 heavy (non-hydrogen) atoms. The molecule has 0 rings (SSSR count). The molecule has 0 aromatic carbocycles. The summed E-state index contributed by atoms with van der Waals surface area (Å²) in [5, 5.41) is 2.91. The SMILES string of the molecule is CCC(CN(C)CC)NC(C)=O.[HH]. The van der Waals surface area contributed by atoms with Crippen LogP contribution in [0.25, 0.3) is 0 Å². The minimum Gasteiger partial charge on any atom is -0.352 e. The third-order valence-electron chi connectivity index (χ3n) is 1.97. The predicted octanol–water partition coefficient (Wildman–Crippen LogP) is 1.10. The van der Waals surface area contributed by atoms with E-state index in [2.05, 4.69) is 31.1 Å². The molecule has 74 valence electrons. The number of amides is 1. The molecular formula is C9H22N2O. The van der Waals surface area contributed by atoms with Crippen molar-refractivity contribution in [1.29, 1.82) is 0 Å². The van der Waals surface area contributed by atoms with E-state index >= 15 is 0 Å². The average Bonchev–Trinajstić information content (AvgIpc) is 2.02. The van der Waals surface area contributed by atoms with Gasteiger partial charge in [-0.25, -0.2) is 0 Å². The maximum absolute atomic E-state index is 10.8. The lowest BCUT2D eigenvalue weighted by atomic mass is 10.2. The second-order valence-corrected chi connectivity index (χ2v) is 3.16. The van der Waals surface area contributed by atoms with Gasteiger partial charge in [-0.05, 0) is 20.0 Å². The highest BCUT2D eigenvalue weighted by Crippen LogP contribution is 1.93. The number of likely N-dealkylation sites (N-methyl/N-ethyl adjacent to an activating group) is 1. The van der Waals surface area contributed by atoms with Crippen LogP contribution in [0.5, 0.6) is 0 Å². The van der Waals surface area contributed by atoms with E-state index in [1.165, 1.54) is 0 Å². The van der Waals surface area contributed by atoms with Gasteiger partial charge in [-0.15, -0.1) is 0 Å². The van der Waals surface area contributed by atoms with E-state index < -0.39 is 0 Å². The molecule has 3 nitrogen and oxygen atoms in total. The summed E-state index contributed by atoms with van der Waals surface area (Å²) >= 11 is 0. The van der Waals surface area contributed by atoms with Crippen LogP contribution < -0.4 is 5.32 Å².